The van der Waals surface area contributed by atoms with Gasteiger partial charge >= 0.3 is 12.0 Å². The highest BCUT2D eigenvalue weighted by Gasteiger charge is 2.23. The maximum atomic E-state index is 11.8. The minimum absolute atomic E-state index is 0.179. The molecule has 0 radical (unpaired) electrons. The van der Waals surface area contributed by atoms with E-state index in [2.05, 4.69) is 10.6 Å². The number of carbonyl (C=O) groups is 2. The molecule has 0 aromatic heterocycles. The zero-order valence-electron chi connectivity index (χ0n) is 11.7. The molecule has 0 saturated carbocycles. The fourth-order valence-electron chi connectivity index (χ4n) is 1.68. The number of urea groups is 1. The smallest absolute Gasteiger partial charge is 0.326 e. The van der Waals surface area contributed by atoms with Gasteiger partial charge in [0.15, 0.2) is 0 Å². The van der Waals surface area contributed by atoms with Gasteiger partial charge in [-0.05, 0) is 37.0 Å². The average Bonchev–Trinajstić information content (AvgIpc) is 2.30. The van der Waals surface area contributed by atoms with Crippen LogP contribution < -0.4 is 10.6 Å². The maximum absolute atomic E-state index is 11.8. The molecule has 1 rings (SSSR count). The first-order valence-electron chi connectivity index (χ1n) is 6.19. The molecule has 0 heterocycles. The number of carboxylic acids is 1. The summed E-state index contributed by atoms with van der Waals surface area (Å²) in [4.78, 5) is 22.8. The van der Waals surface area contributed by atoms with E-state index in [0.29, 0.717) is 5.69 Å². The summed E-state index contributed by atoms with van der Waals surface area (Å²) in [6, 6.07) is 4.30. The van der Waals surface area contributed by atoms with Gasteiger partial charge in [0.2, 0.25) is 0 Å². The van der Waals surface area contributed by atoms with Crippen molar-refractivity contribution in [1.82, 2.24) is 5.32 Å². The van der Waals surface area contributed by atoms with Gasteiger partial charge in [-0.2, -0.15) is 0 Å². The van der Waals surface area contributed by atoms with Gasteiger partial charge in [0.25, 0.3) is 0 Å². The first kappa shape index (κ1) is 15.0. The lowest BCUT2D eigenvalue weighted by Gasteiger charge is -2.18. The fraction of sp³-hybridized carbons (Fsp3) is 0.429. The lowest BCUT2D eigenvalue weighted by atomic mass is 10.1. The van der Waals surface area contributed by atoms with E-state index in [1.165, 1.54) is 0 Å². The fourth-order valence-corrected chi connectivity index (χ4v) is 1.68. The monoisotopic (exact) mass is 264 g/mol. The second-order valence-electron chi connectivity index (χ2n) is 4.98. The number of carboxylic acid groups (broad SMARTS) is 1. The number of rotatable bonds is 4. The van der Waals surface area contributed by atoms with E-state index in [1.54, 1.807) is 13.8 Å². The Morgan fingerprint density at radius 3 is 2.37 bits per heavy atom. The third kappa shape index (κ3) is 4.28. The standard InChI is InChI=1S/C14H20N2O3/c1-8(2)12(13(17)18)16-14(19)15-11-7-9(3)5-6-10(11)4/h5-8,12H,1-4H3,(H,17,18)(H2,15,16,19). The Morgan fingerprint density at radius 2 is 1.84 bits per heavy atom. The lowest BCUT2D eigenvalue weighted by molar-refractivity contribution is -0.140. The molecule has 0 aliphatic carbocycles. The van der Waals surface area contributed by atoms with Crippen LogP contribution in [0.4, 0.5) is 10.5 Å². The predicted molar refractivity (Wildman–Crippen MR) is 74.3 cm³/mol. The zero-order valence-corrected chi connectivity index (χ0v) is 11.7. The van der Waals surface area contributed by atoms with Gasteiger partial charge < -0.3 is 15.7 Å². The van der Waals surface area contributed by atoms with Crippen LogP contribution in [0.1, 0.15) is 25.0 Å². The Morgan fingerprint density at radius 1 is 1.21 bits per heavy atom. The molecule has 0 aliphatic heterocycles. The number of hydrogen-bond donors (Lipinski definition) is 3. The van der Waals surface area contributed by atoms with E-state index in [1.807, 2.05) is 32.0 Å². The van der Waals surface area contributed by atoms with Gasteiger partial charge in [0.1, 0.15) is 6.04 Å². The molecule has 3 N–H and O–H groups in total. The molecule has 0 spiro atoms. The number of anilines is 1. The van der Waals surface area contributed by atoms with E-state index in [-0.39, 0.29) is 5.92 Å². The second kappa shape index (κ2) is 6.22. The molecule has 1 unspecified atom stereocenters. The molecule has 1 aromatic carbocycles. The highest BCUT2D eigenvalue weighted by molar-refractivity contribution is 5.93. The molecule has 0 saturated heterocycles. The summed E-state index contributed by atoms with van der Waals surface area (Å²) in [6.07, 6.45) is 0. The SMILES string of the molecule is Cc1ccc(C)c(NC(=O)NC(C(=O)O)C(C)C)c1. The lowest BCUT2D eigenvalue weighted by Crippen LogP contribution is -2.46. The van der Waals surface area contributed by atoms with E-state index in [4.69, 9.17) is 5.11 Å². The largest absolute Gasteiger partial charge is 0.480 e. The molecule has 19 heavy (non-hydrogen) atoms. The summed E-state index contributed by atoms with van der Waals surface area (Å²) in [5, 5.41) is 14.2. The number of hydrogen-bond acceptors (Lipinski definition) is 2. The van der Waals surface area contributed by atoms with Gasteiger partial charge in [-0.3, -0.25) is 0 Å². The zero-order chi connectivity index (χ0) is 14.6. The number of amides is 2. The first-order valence-corrected chi connectivity index (χ1v) is 6.19. The van der Waals surface area contributed by atoms with E-state index < -0.39 is 18.0 Å². The minimum Gasteiger partial charge on any atom is -0.480 e. The van der Waals surface area contributed by atoms with Crippen LogP contribution in [-0.4, -0.2) is 23.1 Å². The number of aryl methyl sites for hydroxylation is 2. The average molecular weight is 264 g/mol. The third-order valence-corrected chi connectivity index (χ3v) is 2.86. The Balaban J connectivity index is 2.74. The Kier molecular flexibility index (Phi) is 4.92. The Labute approximate surface area is 113 Å². The number of benzene rings is 1. The molecule has 5 nitrogen and oxygen atoms in total. The topological polar surface area (TPSA) is 78.4 Å². The molecule has 0 bridgehead atoms. The highest BCUT2D eigenvalue weighted by atomic mass is 16.4. The summed E-state index contributed by atoms with van der Waals surface area (Å²) in [6.45, 7) is 7.30. The molecule has 1 atom stereocenters. The minimum atomic E-state index is -1.04. The van der Waals surface area contributed by atoms with Crippen molar-refractivity contribution in [2.75, 3.05) is 5.32 Å². The highest BCUT2D eigenvalue weighted by Crippen LogP contribution is 2.16. The van der Waals surface area contributed by atoms with Gasteiger partial charge in [-0.1, -0.05) is 26.0 Å². The maximum Gasteiger partial charge on any atom is 0.326 e. The van der Waals surface area contributed by atoms with E-state index in [0.717, 1.165) is 11.1 Å². The van der Waals surface area contributed by atoms with Crippen LogP contribution in [0.15, 0.2) is 18.2 Å². The molecular weight excluding hydrogens is 244 g/mol. The van der Waals surface area contributed by atoms with Crippen LogP contribution in [0.5, 0.6) is 0 Å². The van der Waals surface area contributed by atoms with Crippen molar-refractivity contribution in [2.45, 2.75) is 33.7 Å². The number of carbonyl (C=O) groups excluding carboxylic acids is 1. The number of aliphatic carboxylic acids is 1. The van der Waals surface area contributed by atoms with Crippen LogP contribution in [-0.2, 0) is 4.79 Å². The van der Waals surface area contributed by atoms with Crippen LogP contribution in [0.25, 0.3) is 0 Å². The molecule has 104 valence electrons. The molecular formula is C14H20N2O3. The first-order chi connectivity index (χ1) is 8.81. The molecule has 1 aromatic rings. The van der Waals surface area contributed by atoms with Gasteiger partial charge in [-0.25, -0.2) is 9.59 Å². The number of nitrogens with one attached hydrogen (secondary N) is 2. The Hall–Kier alpha value is -2.04. The van der Waals surface area contributed by atoms with Crippen molar-refractivity contribution in [3.05, 3.63) is 29.3 Å². The third-order valence-electron chi connectivity index (χ3n) is 2.86. The van der Waals surface area contributed by atoms with Crippen molar-refractivity contribution in [1.29, 1.82) is 0 Å². The predicted octanol–water partition coefficient (Wildman–Crippen LogP) is 2.53. The molecule has 0 fully saturated rings. The van der Waals surface area contributed by atoms with Crippen LogP contribution in [0, 0.1) is 19.8 Å². The van der Waals surface area contributed by atoms with Crippen molar-refractivity contribution in [3.8, 4) is 0 Å². The van der Waals surface area contributed by atoms with Crippen molar-refractivity contribution in [2.24, 2.45) is 5.92 Å². The van der Waals surface area contributed by atoms with Gasteiger partial charge in [-0.15, -0.1) is 0 Å². The van der Waals surface area contributed by atoms with Gasteiger partial charge in [0.05, 0.1) is 0 Å². The summed E-state index contributed by atoms with van der Waals surface area (Å²) in [5.41, 5.74) is 2.64. The quantitative estimate of drug-likeness (QED) is 0.782. The summed E-state index contributed by atoms with van der Waals surface area (Å²) in [7, 11) is 0. The summed E-state index contributed by atoms with van der Waals surface area (Å²) >= 11 is 0. The van der Waals surface area contributed by atoms with E-state index >= 15 is 0 Å². The second-order valence-corrected chi connectivity index (χ2v) is 4.98. The van der Waals surface area contributed by atoms with Crippen molar-refractivity contribution >= 4 is 17.7 Å². The van der Waals surface area contributed by atoms with Crippen molar-refractivity contribution < 1.29 is 14.7 Å². The summed E-state index contributed by atoms with van der Waals surface area (Å²) in [5.74, 6) is -1.21. The van der Waals surface area contributed by atoms with Gasteiger partial charge in [0, 0.05) is 5.69 Å². The van der Waals surface area contributed by atoms with Crippen LogP contribution in [0.3, 0.4) is 0 Å². The molecule has 5 heteroatoms. The normalized spacial score (nSPS) is 12.1. The molecule has 2 amide bonds. The van der Waals surface area contributed by atoms with Crippen LogP contribution >= 0.6 is 0 Å². The summed E-state index contributed by atoms with van der Waals surface area (Å²) < 4.78 is 0. The van der Waals surface area contributed by atoms with Crippen LogP contribution in [0.2, 0.25) is 0 Å². The van der Waals surface area contributed by atoms with E-state index in [9.17, 15) is 9.59 Å². The Bertz CT molecular complexity index is 484. The van der Waals surface area contributed by atoms with Crippen molar-refractivity contribution in [3.63, 3.8) is 0 Å². The molecule has 0 aliphatic rings.